The number of nitrogens with two attached hydrogens (primary N) is 1. The van der Waals surface area contributed by atoms with Crippen molar-refractivity contribution in [3.63, 3.8) is 0 Å². The standard InChI is InChI=1S/C11H17N3/c12-4-8-9-5-13-6-10(9)14-11(8)7-2-1-3-7/h7,13-14H,1-6,12H2. The van der Waals surface area contributed by atoms with Gasteiger partial charge >= 0.3 is 0 Å². The van der Waals surface area contributed by atoms with Gasteiger partial charge in [-0.05, 0) is 29.9 Å². The van der Waals surface area contributed by atoms with E-state index in [9.17, 15) is 0 Å². The van der Waals surface area contributed by atoms with Gasteiger partial charge in [0.25, 0.3) is 0 Å². The molecule has 3 heteroatoms. The molecule has 3 rings (SSSR count). The van der Waals surface area contributed by atoms with Crippen molar-refractivity contribution in [2.24, 2.45) is 5.73 Å². The first kappa shape index (κ1) is 8.50. The topological polar surface area (TPSA) is 53.8 Å². The van der Waals surface area contributed by atoms with E-state index in [4.69, 9.17) is 5.73 Å². The lowest BCUT2D eigenvalue weighted by Gasteiger charge is -2.26. The molecule has 2 heterocycles. The van der Waals surface area contributed by atoms with Gasteiger partial charge in [0.15, 0.2) is 0 Å². The Morgan fingerprint density at radius 1 is 1.29 bits per heavy atom. The minimum absolute atomic E-state index is 0.694. The lowest BCUT2D eigenvalue weighted by molar-refractivity contribution is 0.409. The maximum absolute atomic E-state index is 5.84. The van der Waals surface area contributed by atoms with Crippen LogP contribution in [-0.4, -0.2) is 4.98 Å². The largest absolute Gasteiger partial charge is 0.360 e. The highest BCUT2D eigenvalue weighted by Crippen LogP contribution is 2.39. The van der Waals surface area contributed by atoms with Crippen LogP contribution in [0.5, 0.6) is 0 Å². The van der Waals surface area contributed by atoms with Crippen molar-refractivity contribution < 1.29 is 0 Å². The molecule has 0 aromatic carbocycles. The maximum atomic E-state index is 5.84. The van der Waals surface area contributed by atoms with E-state index < -0.39 is 0 Å². The molecule has 0 unspecified atom stereocenters. The van der Waals surface area contributed by atoms with Gasteiger partial charge in [0.1, 0.15) is 0 Å². The third-order valence-corrected chi connectivity index (χ3v) is 3.66. The summed E-state index contributed by atoms with van der Waals surface area (Å²) in [7, 11) is 0. The molecule has 0 atom stereocenters. The Hall–Kier alpha value is -0.800. The average Bonchev–Trinajstić information content (AvgIpc) is 2.60. The predicted octanol–water partition coefficient (Wildman–Crippen LogP) is 1.34. The van der Waals surface area contributed by atoms with Gasteiger partial charge in [0.2, 0.25) is 0 Å². The summed E-state index contributed by atoms with van der Waals surface area (Å²) in [6.07, 6.45) is 4.08. The number of aromatic nitrogens is 1. The van der Waals surface area contributed by atoms with Gasteiger partial charge in [-0.25, -0.2) is 0 Å². The number of H-pyrrole nitrogens is 1. The van der Waals surface area contributed by atoms with E-state index in [1.807, 2.05) is 0 Å². The molecule has 1 saturated carbocycles. The van der Waals surface area contributed by atoms with E-state index in [2.05, 4.69) is 10.3 Å². The fourth-order valence-electron chi connectivity index (χ4n) is 2.61. The number of hydrogen-bond donors (Lipinski definition) is 3. The van der Waals surface area contributed by atoms with Gasteiger partial charge in [-0.15, -0.1) is 0 Å². The summed E-state index contributed by atoms with van der Waals surface area (Å²) in [5, 5.41) is 3.36. The van der Waals surface area contributed by atoms with Crippen LogP contribution in [-0.2, 0) is 19.6 Å². The Bertz CT molecular complexity index is 350. The average molecular weight is 191 g/mol. The number of aromatic amines is 1. The quantitative estimate of drug-likeness (QED) is 0.661. The molecule has 1 fully saturated rings. The smallest absolute Gasteiger partial charge is 0.0363 e. The van der Waals surface area contributed by atoms with E-state index in [1.54, 1.807) is 0 Å². The minimum atomic E-state index is 0.694. The first-order valence-corrected chi connectivity index (χ1v) is 5.53. The van der Waals surface area contributed by atoms with Crippen molar-refractivity contribution in [2.75, 3.05) is 0 Å². The fourth-order valence-corrected chi connectivity index (χ4v) is 2.61. The van der Waals surface area contributed by atoms with E-state index in [0.29, 0.717) is 6.54 Å². The van der Waals surface area contributed by atoms with Gasteiger partial charge in [0, 0.05) is 31.0 Å². The first-order chi connectivity index (χ1) is 6.90. The van der Waals surface area contributed by atoms with Crippen LogP contribution < -0.4 is 11.1 Å². The second kappa shape index (κ2) is 3.11. The zero-order valence-electron chi connectivity index (χ0n) is 8.40. The van der Waals surface area contributed by atoms with Crippen LogP contribution >= 0.6 is 0 Å². The summed E-state index contributed by atoms with van der Waals surface area (Å²) in [4.78, 5) is 3.57. The number of nitrogens with one attached hydrogen (secondary N) is 2. The van der Waals surface area contributed by atoms with Crippen LogP contribution in [0, 0.1) is 0 Å². The van der Waals surface area contributed by atoms with Crippen LogP contribution in [0.1, 0.15) is 47.7 Å². The third kappa shape index (κ3) is 1.06. The second-order valence-electron chi connectivity index (χ2n) is 4.41. The summed E-state index contributed by atoms with van der Waals surface area (Å²) in [5.41, 5.74) is 11.5. The van der Waals surface area contributed by atoms with Crippen molar-refractivity contribution in [3.8, 4) is 0 Å². The van der Waals surface area contributed by atoms with Crippen LogP contribution in [0.2, 0.25) is 0 Å². The molecule has 3 nitrogen and oxygen atoms in total. The molecular formula is C11H17N3. The van der Waals surface area contributed by atoms with Crippen LogP contribution in [0.3, 0.4) is 0 Å². The molecule has 1 aromatic heterocycles. The SMILES string of the molecule is NCc1c(C2CCC2)[nH]c2c1CNC2. The van der Waals surface area contributed by atoms with E-state index in [1.165, 1.54) is 41.8 Å². The van der Waals surface area contributed by atoms with Gasteiger partial charge in [-0.2, -0.15) is 0 Å². The minimum Gasteiger partial charge on any atom is -0.360 e. The number of fused-ring (bicyclic) bond motifs is 1. The Balaban J connectivity index is 2.02. The monoisotopic (exact) mass is 191 g/mol. The highest BCUT2D eigenvalue weighted by atomic mass is 15.0. The normalized spacial score (nSPS) is 20.9. The fraction of sp³-hybridized carbons (Fsp3) is 0.636. The molecule has 0 bridgehead atoms. The summed E-state index contributed by atoms with van der Waals surface area (Å²) in [6.45, 7) is 2.69. The highest BCUT2D eigenvalue weighted by molar-refractivity contribution is 5.41. The number of hydrogen-bond acceptors (Lipinski definition) is 2. The summed E-state index contributed by atoms with van der Waals surface area (Å²) < 4.78 is 0. The Kier molecular flexibility index (Phi) is 1.89. The van der Waals surface area contributed by atoms with Crippen molar-refractivity contribution in [2.45, 2.75) is 44.8 Å². The van der Waals surface area contributed by atoms with Gasteiger partial charge in [-0.3, -0.25) is 0 Å². The highest BCUT2D eigenvalue weighted by Gasteiger charge is 2.28. The Labute approximate surface area is 84.1 Å². The second-order valence-corrected chi connectivity index (χ2v) is 4.41. The third-order valence-electron chi connectivity index (χ3n) is 3.66. The van der Waals surface area contributed by atoms with Crippen molar-refractivity contribution in [1.82, 2.24) is 10.3 Å². The lowest BCUT2D eigenvalue weighted by atomic mass is 9.81. The molecule has 76 valence electrons. The van der Waals surface area contributed by atoms with E-state index in [0.717, 1.165) is 19.0 Å². The molecule has 1 aliphatic heterocycles. The molecule has 4 N–H and O–H groups in total. The molecule has 0 saturated heterocycles. The van der Waals surface area contributed by atoms with E-state index in [-0.39, 0.29) is 0 Å². The molecule has 2 aliphatic rings. The van der Waals surface area contributed by atoms with Crippen molar-refractivity contribution in [1.29, 1.82) is 0 Å². The molecule has 1 aromatic rings. The Morgan fingerprint density at radius 3 is 2.79 bits per heavy atom. The summed E-state index contributed by atoms with van der Waals surface area (Å²) in [5.74, 6) is 0.777. The first-order valence-electron chi connectivity index (χ1n) is 5.53. The molecule has 0 spiro atoms. The summed E-state index contributed by atoms with van der Waals surface area (Å²) >= 11 is 0. The van der Waals surface area contributed by atoms with Crippen molar-refractivity contribution in [3.05, 3.63) is 22.5 Å². The molecule has 1 aliphatic carbocycles. The zero-order valence-corrected chi connectivity index (χ0v) is 8.40. The van der Waals surface area contributed by atoms with E-state index >= 15 is 0 Å². The lowest BCUT2D eigenvalue weighted by Crippen LogP contribution is -2.14. The van der Waals surface area contributed by atoms with Crippen LogP contribution in [0.15, 0.2) is 0 Å². The van der Waals surface area contributed by atoms with Gasteiger partial charge in [-0.1, -0.05) is 6.42 Å². The van der Waals surface area contributed by atoms with Crippen molar-refractivity contribution >= 4 is 0 Å². The Morgan fingerprint density at radius 2 is 2.14 bits per heavy atom. The molecule has 14 heavy (non-hydrogen) atoms. The molecule has 0 radical (unpaired) electrons. The predicted molar refractivity (Wildman–Crippen MR) is 55.8 cm³/mol. The number of rotatable bonds is 2. The maximum Gasteiger partial charge on any atom is 0.0363 e. The zero-order chi connectivity index (χ0) is 9.54. The summed E-state index contributed by atoms with van der Waals surface area (Å²) in [6, 6.07) is 0. The molecule has 0 amide bonds. The van der Waals surface area contributed by atoms with Crippen LogP contribution in [0.25, 0.3) is 0 Å². The van der Waals surface area contributed by atoms with Gasteiger partial charge in [0.05, 0.1) is 0 Å². The van der Waals surface area contributed by atoms with Crippen LogP contribution in [0.4, 0.5) is 0 Å². The molecular weight excluding hydrogens is 174 g/mol. The van der Waals surface area contributed by atoms with Gasteiger partial charge < -0.3 is 16.0 Å².